The van der Waals surface area contributed by atoms with Gasteiger partial charge in [0.1, 0.15) is 11.9 Å². The first kappa shape index (κ1) is 19.8. The summed E-state index contributed by atoms with van der Waals surface area (Å²) in [7, 11) is 0. The van der Waals surface area contributed by atoms with Gasteiger partial charge in [-0.1, -0.05) is 54.1 Å². The van der Waals surface area contributed by atoms with E-state index in [1.807, 2.05) is 0 Å². The first-order valence-corrected chi connectivity index (χ1v) is 11.7. The summed E-state index contributed by atoms with van der Waals surface area (Å²) in [6.45, 7) is 1.94. The van der Waals surface area contributed by atoms with Crippen molar-refractivity contribution in [3.05, 3.63) is 44.9 Å². The van der Waals surface area contributed by atoms with Gasteiger partial charge in [-0.05, 0) is 55.6 Å². The number of anilines is 1. The molecule has 0 radical (unpaired) electrons. The van der Waals surface area contributed by atoms with Gasteiger partial charge in [-0.15, -0.1) is 0 Å². The molecule has 0 spiro atoms. The van der Waals surface area contributed by atoms with Gasteiger partial charge in [0.25, 0.3) is 0 Å². The molecule has 3 aliphatic rings. The number of fused-ring (bicyclic) bond motifs is 3. The lowest BCUT2D eigenvalue weighted by molar-refractivity contribution is 0.173. The highest BCUT2D eigenvalue weighted by atomic mass is 35.5. The van der Waals surface area contributed by atoms with E-state index >= 15 is 0 Å². The Bertz CT molecular complexity index is 904. The Hall–Kier alpha value is -1.13. The number of halogens is 3. The van der Waals surface area contributed by atoms with Crippen molar-refractivity contribution in [1.29, 1.82) is 0 Å². The van der Waals surface area contributed by atoms with Crippen molar-refractivity contribution in [1.82, 2.24) is 5.32 Å². The van der Waals surface area contributed by atoms with Crippen LogP contribution in [0.1, 0.15) is 50.0 Å². The molecule has 1 aliphatic carbocycles. The van der Waals surface area contributed by atoms with E-state index < -0.39 is 0 Å². The van der Waals surface area contributed by atoms with Crippen molar-refractivity contribution in [2.24, 2.45) is 0 Å². The molecule has 2 fully saturated rings. The van der Waals surface area contributed by atoms with E-state index in [2.05, 4.69) is 22.8 Å². The Labute approximate surface area is 187 Å². The normalized spacial score (nSPS) is 24.0. The van der Waals surface area contributed by atoms with Crippen LogP contribution in [0.2, 0.25) is 15.1 Å². The molecule has 2 atom stereocenters. The largest absolute Gasteiger partial charge is 0.487 e. The fourth-order valence-corrected chi connectivity index (χ4v) is 6.07. The zero-order valence-electron chi connectivity index (χ0n) is 16.2. The maximum Gasteiger partial charge on any atom is 0.146 e. The Kier molecular flexibility index (Phi) is 5.59. The van der Waals surface area contributed by atoms with Crippen LogP contribution >= 0.6 is 34.8 Å². The zero-order valence-corrected chi connectivity index (χ0v) is 18.5. The van der Waals surface area contributed by atoms with Crippen molar-refractivity contribution in [3.63, 3.8) is 0 Å². The molecule has 1 saturated heterocycles. The molecular formula is C23H25Cl3N2O. The molecule has 0 bridgehead atoms. The summed E-state index contributed by atoms with van der Waals surface area (Å²) in [6.07, 6.45) is 7.57. The van der Waals surface area contributed by atoms with Gasteiger partial charge in [0.2, 0.25) is 0 Å². The minimum atomic E-state index is 0.240. The van der Waals surface area contributed by atoms with E-state index in [-0.39, 0.29) is 6.10 Å². The molecule has 1 saturated carbocycles. The number of hydrogen-bond acceptors (Lipinski definition) is 3. The molecule has 0 aromatic heterocycles. The number of benzene rings is 2. The first-order valence-electron chi connectivity index (χ1n) is 10.6. The predicted molar refractivity (Wildman–Crippen MR) is 122 cm³/mol. The average Bonchev–Trinajstić information content (AvgIpc) is 3.07. The molecule has 29 heavy (non-hydrogen) atoms. The Morgan fingerprint density at radius 3 is 2.45 bits per heavy atom. The van der Waals surface area contributed by atoms with Crippen LogP contribution in [0.25, 0.3) is 11.1 Å². The topological polar surface area (TPSA) is 33.3 Å². The van der Waals surface area contributed by atoms with Crippen LogP contribution in [0.15, 0.2) is 24.3 Å². The van der Waals surface area contributed by atoms with Gasteiger partial charge in [-0.2, -0.15) is 0 Å². The van der Waals surface area contributed by atoms with Crippen LogP contribution in [0.4, 0.5) is 5.69 Å². The molecule has 0 unspecified atom stereocenters. The number of rotatable bonds is 3. The standard InChI is InChI=1S/C23H25Cl3N2O/c24-14-10-18(25)22(19(26)11-14)13-8-16-17-12-27-7-6-21(17)29-23(16)20(9-13)28-15-4-2-1-3-5-15/h8-11,15,17,21,27-28H,1-7,12H2/t17-,21-/m0/s1. The third-order valence-electron chi connectivity index (χ3n) is 6.47. The van der Waals surface area contributed by atoms with Gasteiger partial charge in [0, 0.05) is 34.7 Å². The lowest BCUT2D eigenvalue weighted by Gasteiger charge is -2.25. The Morgan fingerprint density at radius 1 is 0.931 bits per heavy atom. The third kappa shape index (κ3) is 3.83. The highest BCUT2D eigenvalue weighted by Gasteiger charge is 2.38. The van der Waals surface area contributed by atoms with Gasteiger partial charge in [-0.3, -0.25) is 0 Å². The molecule has 5 rings (SSSR count). The number of hydrogen-bond donors (Lipinski definition) is 2. The Morgan fingerprint density at radius 2 is 1.69 bits per heavy atom. The molecule has 2 aliphatic heterocycles. The molecule has 2 aromatic rings. The third-order valence-corrected chi connectivity index (χ3v) is 7.28. The minimum absolute atomic E-state index is 0.240. The molecule has 2 N–H and O–H groups in total. The smallest absolute Gasteiger partial charge is 0.146 e. The fraction of sp³-hybridized carbons (Fsp3) is 0.478. The molecule has 3 nitrogen and oxygen atoms in total. The van der Waals surface area contributed by atoms with Crippen molar-refractivity contribution >= 4 is 40.5 Å². The predicted octanol–water partition coefficient (Wildman–Crippen LogP) is 6.90. The van der Waals surface area contributed by atoms with Crippen molar-refractivity contribution in [2.45, 2.75) is 56.6 Å². The van der Waals surface area contributed by atoms with Gasteiger partial charge >= 0.3 is 0 Å². The highest BCUT2D eigenvalue weighted by Crippen LogP contribution is 2.49. The van der Waals surface area contributed by atoms with Crippen LogP contribution in [0.5, 0.6) is 5.75 Å². The lowest BCUT2D eigenvalue weighted by Crippen LogP contribution is -2.37. The second-order valence-corrected chi connectivity index (χ2v) is 9.67. The first-order chi connectivity index (χ1) is 14.1. The molecule has 0 amide bonds. The minimum Gasteiger partial charge on any atom is -0.487 e. The van der Waals surface area contributed by atoms with Crippen LogP contribution in [0, 0.1) is 0 Å². The SMILES string of the molecule is Clc1cc(Cl)c(-c2cc(NC3CCCCC3)c3c(c2)[C@@H]2CNCC[C@@H]2O3)c(Cl)c1. The van der Waals surface area contributed by atoms with Crippen LogP contribution in [0.3, 0.4) is 0 Å². The summed E-state index contributed by atoms with van der Waals surface area (Å²) >= 11 is 19.3. The summed E-state index contributed by atoms with van der Waals surface area (Å²) in [6, 6.07) is 8.36. The molecule has 2 aromatic carbocycles. The van der Waals surface area contributed by atoms with E-state index in [9.17, 15) is 0 Å². The number of ether oxygens (including phenoxy) is 1. The maximum absolute atomic E-state index is 6.57. The highest BCUT2D eigenvalue weighted by molar-refractivity contribution is 6.41. The van der Waals surface area contributed by atoms with E-state index in [4.69, 9.17) is 39.5 Å². The zero-order chi connectivity index (χ0) is 20.0. The van der Waals surface area contributed by atoms with Gasteiger partial charge < -0.3 is 15.4 Å². The van der Waals surface area contributed by atoms with E-state index in [1.165, 1.54) is 37.7 Å². The van der Waals surface area contributed by atoms with Gasteiger partial charge in [-0.25, -0.2) is 0 Å². The van der Waals surface area contributed by atoms with Gasteiger partial charge in [0.15, 0.2) is 0 Å². The molecule has 6 heteroatoms. The summed E-state index contributed by atoms with van der Waals surface area (Å²) in [5.41, 5.74) is 4.17. The van der Waals surface area contributed by atoms with E-state index in [0.717, 1.165) is 42.1 Å². The lowest BCUT2D eigenvalue weighted by atomic mass is 9.88. The summed E-state index contributed by atoms with van der Waals surface area (Å²) in [5.74, 6) is 1.37. The molecule has 154 valence electrons. The second-order valence-electron chi connectivity index (χ2n) is 8.42. The number of piperidine rings is 1. The summed E-state index contributed by atoms with van der Waals surface area (Å²) in [5, 5.41) is 9.00. The molecule has 2 heterocycles. The second kappa shape index (κ2) is 8.19. The summed E-state index contributed by atoms with van der Waals surface area (Å²) in [4.78, 5) is 0. The van der Waals surface area contributed by atoms with Crippen molar-refractivity contribution < 1.29 is 4.74 Å². The fourth-order valence-electron chi connectivity index (χ4n) is 5.03. The summed E-state index contributed by atoms with van der Waals surface area (Å²) < 4.78 is 6.46. The molecular weight excluding hydrogens is 427 g/mol. The number of nitrogens with one attached hydrogen (secondary N) is 2. The van der Waals surface area contributed by atoms with Crippen LogP contribution in [-0.4, -0.2) is 25.2 Å². The van der Waals surface area contributed by atoms with Crippen molar-refractivity contribution in [2.75, 3.05) is 18.4 Å². The monoisotopic (exact) mass is 450 g/mol. The van der Waals surface area contributed by atoms with Crippen LogP contribution in [-0.2, 0) is 0 Å². The Balaban J connectivity index is 1.60. The maximum atomic E-state index is 6.57. The van der Waals surface area contributed by atoms with Gasteiger partial charge in [0.05, 0.1) is 15.7 Å². The van der Waals surface area contributed by atoms with Crippen LogP contribution < -0.4 is 15.4 Å². The quantitative estimate of drug-likeness (QED) is 0.532. The average molecular weight is 452 g/mol. The van der Waals surface area contributed by atoms with Crippen molar-refractivity contribution in [3.8, 4) is 16.9 Å². The van der Waals surface area contributed by atoms with E-state index in [1.54, 1.807) is 12.1 Å². The van der Waals surface area contributed by atoms with E-state index in [0.29, 0.717) is 27.0 Å².